The molecule has 0 N–H and O–H groups in total. The molecular formula is C23H17BrFNO5S. The van der Waals surface area contributed by atoms with E-state index in [2.05, 4.69) is 15.9 Å². The molecule has 1 heterocycles. The van der Waals surface area contributed by atoms with Gasteiger partial charge >= 0.3 is 5.97 Å². The molecule has 0 atom stereocenters. The number of furan rings is 1. The van der Waals surface area contributed by atoms with Crippen molar-refractivity contribution >= 4 is 48.6 Å². The number of anilines is 1. The van der Waals surface area contributed by atoms with E-state index < -0.39 is 21.8 Å². The van der Waals surface area contributed by atoms with Crippen LogP contribution in [-0.2, 0) is 14.8 Å². The molecule has 9 heteroatoms. The highest BCUT2D eigenvalue weighted by Crippen LogP contribution is 2.40. The van der Waals surface area contributed by atoms with Crippen molar-refractivity contribution in [2.75, 3.05) is 18.5 Å². The molecule has 0 amide bonds. The zero-order chi connectivity index (χ0) is 23.0. The molecule has 4 rings (SSSR count). The van der Waals surface area contributed by atoms with Crippen molar-refractivity contribution < 1.29 is 26.8 Å². The van der Waals surface area contributed by atoms with Gasteiger partial charge in [0.1, 0.15) is 22.7 Å². The smallest absolute Gasteiger partial charge is 0.342 e. The molecule has 0 aliphatic rings. The minimum atomic E-state index is -3.84. The first-order valence-corrected chi connectivity index (χ1v) is 11.6. The summed E-state index contributed by atoms with van der Waals surface area (Å²) in [5.74, 6) is -0.861. The number of fused-ring (bicyclic) bond motifs is 1. The zero-order valence-electron chi connectivity index (χ0n) is 17.0. The van der Waals surface area contributed by atoms with E-state index in [-0.39, 0.29) is 21.8 Å². The monoisotopic (exact) mass is 517 g/mol. The Balaban J connectivity index is 1.90. The van der Waals surface area contributed by atoms with Gasteiger partial charge < -0.3 is 9.15 Å². The molecule has 1 aromatic heterocycles. The molecule has 32 heavy (non-hydrogen) atoms. The number of esters is 1. The minimum Gasteiger partial charge on any atom is -0.465 e. The van der Waals surface area contributed by atoms with Crippen molar-refractivity contribution in [3.8, 4) is 11.3 Å². The molecule has 3 aromatic carbocycles. The molecule has 0 unspecified atom stereocenters. The van der Waals surface area contributed by atoms with Crippen LogP contribution in [-0.4, -0.2) is 28.5 Å². The van der Waals surface area contributed by atoms with Gasteiger partial charge in [-0.2, -0.15) is 0 Å². The van der Waals surface area contributed by atoms with E-state index in [0.29, 0.717) is 21.1 Å². The lowest BCUT2D eigenvalue weighted by molar-refractivity contribution is 0.0603. The van der Waals surface area contributed by atoms with Crippen LogP contribution in [0.1, 0.15) is 10.4 Å². The first-order valence-electron chi connectivity index (χ1n) is 9.38. The van der Waals surface area contributed by atoms with Crippen LogP contribution >= 0.6 is 15.9 Å². The number of nitrogens with zero attached hydrogens (tertiary/aromatic N) is 1. The van der Waals surface area contributed by atoms with E-state index in [4.69, 9.17) is 9.15 Å². The van der Waals surface area contributed by atoms with Gasteiger partial charge in [0.15, 0.2) is 0 Å². The molecule has 4 aromatic rings. The molecule has 164 valence electrons. The lowest BCUT2D eigenvalue weighted by Crippen LogP contribution is -2.26. The molecule has 0 bridgehead atoms. The number of hydrogen-bond donors (Lipinski definition) is 0. The van der Waals surface area contributed by atoms with Gasteiger partial charge in [-0.15, -0.1) is 0 Å². The van der Waals surface area contributed by atoms with Crippen LogP contribution in [0, 0.1) is 5.82 Å². The average Bonchev–Trinajstić information content (AvgIpc) is 3.16. The molecule has 0 radical (unpaired) electrons. The summed E-state index contributed by atoms with van der Waals surface area (Å²) in [6.45, 7) is 0. The summed E-state index contributed by atoms with van der Waals surface area (Å²) in [5, 5.41) is 0.428. The van der Waals surface area contributed by atoms with Gasteiger partial charge in [0.25, 0.3) is 10.0 Å². The van der Waals surface area contributed by atoms with Crippen LogP contribution in [0.4, 0.5) is 10.1 Å². The number of carbonyl (C=O) groups excluding carboxylic acids is 1. The van der Waals surface area contributed by atoms with E-state index >= 15 is 0 Å². The fourth-order valence-corrected chi connectivity index (χ4v) is 5.29. The largest absolute Gasteiger partial charge is 0.465 e. The highest BCUT2D eigenvalue weighted by molar-refractivity contribution is 9.10. The Bertz CT molecular complexity index is 1420. The number of hydrogen-bond acceptors (Lipinski definition) is 5. The van der Waals surface area contributed by atoms with Gasteiger partial charge in [0.2, 0.25) is 0 Å². The molecular weight excluding hydrogens is 501 g/mol. The highest BCUT2D eigenvalue weighted by Gasteiger charge is 2.27. The lowest BCUT2D eigenvalue weighted by Gasteiger charge is -2.20. The van der Waals surface area contributed by atoms with Crippen LogP contribution in [0.25, 0.3) is 22.3 Å². The molecule has 0 aliphatic heterocycles. The van der Waals surface area contributed by atoms with Crippen LogP contribution in [0.2, 0.25) is 0 Å². The van der Waals surface area contributed by atoms with Crippen molar-refractivity contribution in [1.29, 1.82) is 0 Å². The third kappa shape index (κ3) is 3.78. The molecule has 0 aliphatic carbocycles. The number of rotatable bonds is 5. The third-order valence-electron chi connectivity index (χ3n) is 4.99. The highest BCUT2D eigenvalue weighted by atomic mass is 79.9. The van der Waals surface area contributed by atoms with Gasteiger partial charge in [-0.1, -0.05) is 18.2 Å². The van der Waals surface area contributed by atoms with Gasteiger partial charge in [0.05, 0.1) is 17.7 Å². The Hall–Kier alpha value is -3.17. The standard InChI is InChI=1S/C23H17BrFNO5S/c1-26(32(28,29)16-6-4-3-5-7-16)19-13-20-17(12-18(19)24)21(23(27)30-2)22(31-20)14-8-10-15(25)11-9-14/h3-13H,1-2H3. The predicted octanol–water partition coefficient (Wildman–Crippen LogP) is 5.61. The number of sulfonamides is 1. The number of ether oxygens (including phenoxy) is 1. The summed E-state index contributed by atoms with van der Waals surface area (Å²) >= 11 is 3.41. The number of halogens is 2. The van der Waals surface area contributed by atoms with Crippen LogP contribution < -0.4 is 4.31 Å². The second kappa shape index (κ2) is 8.40. The summed E-state index contributed by atoms with van der Waals surface area (Å²) in [5.41, 5.74) is 1.23. The van der Waals surface area contributed by atoms with Crippen LogP contribution in [0.15, 0.2) is 80.5 Å². The van der Waals surface area contributed by atoms with Gasteiger partial charge in [-0.05, 0) is 58.4 Å². The normalized spacial score (nSPS) is 11.5. The number of carbonyl (C=O) groups is 1. The van der Waals surface area contributed by atoms with E-state index in [9.17, 15) is 17.6 Å². The second-order valence-corrected chi connectivity index (χ2v) is 9.71. The molecule has 0 saturated heterocycles. The van der Waals surface area contributed by atoms with Gasteiger partial charge in [-0.25, -0.2) is 17.6 Å². The Morgan fingerprint density at radius 3 is 2.34 bits per heavy atom. The van der Waals surface area contributed by atoms with Gasteiger partial charge in [0, 0.05) is 28.5 Å². The number of benzene rings is 3. The fourth-order valence-electron chi connectivity index (χ4n) is 3.34. The van der Waals surface area contributed by atoms with E-state index in [1.54, 1.807) is 24.3 Å². The Kier molecular flexibility index (Phi) is 5.79. The molecule has 0 spiro atoms. The van der Waals surface area contributed by atoms with Crippen LogP contribution in [0.3, 0.4) is 0 Å². The van der Waals surface area contributed by atoms with Crippen LogP contribution in [0.5, 0.6) is 0 Å². The lowest BCUT2D eigenvalue weighted by atomic mass is 10.1. The zero-order valence-corrected chi connectivity index (χ0v) is 19.4. The summed E-state index contributed by atoms with van der Waals surface area (Å²) < 4.78 is 52.0. The maximum absolute atomic E-state index is 13.4. The summed E-state index contributed by atoms with van der Waals surface area (Å²) in [4.78, 5) is 12.7. The Labute approximate surface area is 192 Å². The summed E-state index contributed by atoms with van der Waals surface area (Å²) in [7, 11) is -1.16. The van der Waals surface area contributed by atoms with E-state index in [0.717, 1.165) is 4.31 Å². The quantitative estimate of drug-likeness (QED) is 0.321. The Morgan fingerprint density at radius 1 is 1.06 bits per heavy atom. The molecule has 0 fully saturated rings. The van der Waals surface area contributed by atoms with Gasteiger partial charge in [-0.3, -0.25) is 4.31 Å². The van der Waals surface area contributed by atoms with E-state index in [1.807, 2.05) is 0 Å². The topological polar surface area (TPSA) is 76.8 Å². The van der Waals surface area contributed by atoms with Crippen molar-refractivity contribution in [2.45, 2.75) is 4.90 Å². The van der Waals surface area contributed by atoms with E-state index in [1.165, 1.54) is 56.6 Å². The first-order chi connectivity index (χ1) is 15.2. The third-order valence-corrected chi connectivity index (χ3v) is 7.42. The summed E-state index contributed by atoms with van der Waals surface area (Å²) in [6.07, 6.45) is 0. The Morgan fingerprint density at radius 2 is 1.72 bits per heavy atom. The SMILES string of the molecule is COC(=O)c1c(-c2ccc(F)cc2)oc2cc(N(C)S(=O)(=O)c3ccccc3)c(Br)cc12. The minimum absolute atomic E-state index is 0.135. The maximum Gasteiger partial charge on any atom is 0.342 e. The van der Waals surface area contributed by atoms with Crippen molar-refractivity contribution in [3.05, 3.63) is 82.6 Å². The first kappa shape index (κ1) is 22.0. The van der Waals surface area contributed by atoms with Crippen molar-refractivity contribution in [1.82, 2.24) is 0 Å². The maximum atomic E-state index is 13.4. The van der Waals surface area contributed by atoms with Crippen molar-refractivity contribution in [2.24, 2.45) is 0 Å². The number of methoxy groups -OCH3 is 1. The second-order valence-electron chi connectivity index (χ2n) is 6.89. The predicted molar refractivity (Wildman–Crippen MR) is 123 cm³/mol. The fraction of sp³-hybridized carbons (Fsp3) is 0.0870. The molecule has 6 nitrogen and oxygen atoms in total. The van der Waals surface area contributed by atoms with Crippen molar-refractivity contribution in [3.63, 3.8) is 0 Å². The molecule has 0 saturated carbocycles. The average molecular weight is 518 g/mol. The summed E-state index contributed by atoms with van der Waals surface area (Å²) in [6, 6.07) is 16.6.